The van der Waals surface area contributed by atoms with Crippen molar-refractivity contribution in [1.29, 1.82) is 0 Å². The third-order valence-electron chi connectivity index (χ3n) is 9.03. The maximum atomic E-state index is 14.2. The van der Waals surface area contributed by atoms with Gasteiger partial charge in [0, 0.05) is 29.9 Å². The number of aliphatic hydroxyl groups excluding tert-OH is 1. The van der Waals surface area contributed by atoms with E-state index in [1.165, 1.54) is 18.9 Å². The molecule has 0 aliphatic carbocycles. The molecule has 0 aliphatic rings. The molecule has 17 nitrogen and oxygen atoms in total. The van der Waals surface area contributed by atoms with Crippen molar-refractivity contribution in [3.8, 4) is 0 Å². The largest absolute Gasteiger partial charge is 0.467 e. The number of ether oxygens (including phenoxy) is 2. The number of aromatic nitrogens is 1. The molecule has 1 aromatic heterocycles. The zero-order valence-electron chi connectivity index (χ0n) is 35.2. The summed E-state index contributed by atoms with van der Waals surface area (Å²) < 4.78 is 10.1. The molecule has 0 fully saturated rings. The number of esters is 1. The number of H-pyrrole nitrogens is 1. The lowest BCUT2D eigenvalue weighted by Crippen LogP contribution is -2.59. The minimum Gasteiger partial charge on any atom is -0.467 e. The van der Waals surface area contributed by atoms with Crippen molar-refractivity contribution in [2.75, 3.05) is 32.3 Å². The van der Waals surface area contributed by atoms with E-state index < -0.39 is 90.6 Å². The van der Waals surface area contributed by atoms with Crippen LogP contribution >= 0.6 is 11.8 Å². The fourth-order valence-corrected chi connectivity index (χ4v) is 6.59. The topological polar surface area (TPSA) is 246 Å². The van der Waals surface area contributed by atoms with Gasteiger partial charge in [-0.25, -0.2) is 9.59 Å². The summed E-state index contributed by atoms with van der Waals surface area (Å²) in [5, 5.41) is 26.4. The van der Waals surface area contributed by atoms with Crippen LogP contribution in [-0.2, 0) is 51.1 Å². The number of hydrogen-bond acceptors (Lipinski definition) is 11. The summed E-state index contributed by atoms with van der Waals surface area (Å²) in [6.45, 7) is 7.28. The first kappa shape index (κ1) is 48.7. The van der Waals surface area contributed by atoms with Crippen LogP contribution in [0.3, 0.4) is 0 Å². The summed E-state index contributed by atoms with van der Waals surface area (Å²) in [5.41, 5.74) is 1.23. The minimum absolute atomic E-state index is 0.00338. The number of aromatic amines is 1. The summed E-state index contributed by atoms with van der Waals surface area (Å²) in [6.07, 6.45) is 3.11. The molecular formula is C42H59N7O10S. The van der Waals surface area contributed by atoms with Crippen LogP contribution in [0, 0.1) is 5.92 Å². The maximum absolute atomic E-state index is 14.2. The van der Waals surface area contributed by atoms with E-state index in [9.17, 15) is 38.7 Å². The molecule has 18 heteroatoms. The zero-order valence-corrected chi connectivity index (χ0v) is 36.0. The van der Waals surface area contributed by atoms with Crippen LogP contribution in [0.25, 0.3) is 10.9 Å². The fourth-order valence-electron chi connectivity index (χ4n) is 6.12. The molecule has 8 N–H and O–H groups in total. The molecule has 5 atom stereocenters. The van der Waals surface area contributed by atoms with Crippen molar-refractivity contribution in [3.05, 3.63) is 71.9 Å². The molecule has 0 radical (unpaired) electrons. The summed E-state index contributed by atoms with van der Waals surface area (Å²) in [4.78, 5) is 96.1. The first-order chi connectivity index (χ1) is 28.4. The van der Waals surface area contributed by atoms with Crippen LogP contribution in [0.1, 0.15) is 58.6 Å². The number of nitrogens with one attached hydrogen (secondary N) is 7. The predicted octanol–water partition coefficient (Wildman–Crippen LogP) is 1.87. The number of benzene rings is 2. The number of rotatable bonds is 22. The molecule has 5 unspecified atom stereocenters. The second kappa shape index (κ2) is 23.8. The van der Waals surface area contributed by atoms with Crippen LogP contribution in [0.2, 0.25) is 0 Å². The van der Waals surface area contributed by atoms with Gasteiger partial charge in [0.2, 0.25) is 29.5 Å². The van der Waals surface area contributed by atoms with E-state index >= 15 is 0 Å². The van der Waals surface area contributed by atoms with Gasteiger partial charge in [-0.05, 0) is 68.7 Å². The maximum Gasteiger partial charge on any atom is 0.408 e. The lowest BCUT2D eigenvalue weighted by molar-refractivity contribution is -0.145. The Morgan fingerprint density at radius 1 is 0.750 bits per heavy atom. The molecule has 3 aromatic rings. The highest BCUT2D eigenvalue weighted by Gasteiger charge is 2.32. The van der Waals surface area contributed by atoms with Crippen LogP contribution in [-0.4, -0.2) is 120 Å². The predicted molar refractivity (Wildman–Crippen MR) is 228 cm³/mol. The van der Waals surface area contributed by atoms with E-state index in [2.05, 4.69) is 36.9 Å². The first-order valence-electron chi connectivity index (χ1n) is 19.7. The molecule has 0 spiro atoms. The molecule has 0 saturated carbocycles. The van der Waals surface area contributed by atoms with Gasteiger partial charge in [-0.3, -0.25) is 24.0 Å². The Morgan fingerprint density at radius 2 is 1.35 bits per heavy atom. The number of methoxy groups -OCH3 is 1. The molecule has 0 saturated heterocycles. The summed E-state index contributed by atoms with van der Waals surface area (Å²) in [5.74, 6) is -3.70. The van der Waals surface area contributed by atoms with Crippen molar-refractivity contribution < 1.29 is 48.1 Å². The van der Waals surface area contributed by atoms with Crippen molar-refractivity contribution in [3.63, 3.8) is 0 Å². The van der Waals surface area contributed by atoms with Gasteiger partial charge in [0.15, 0.2) is 0 Å². The summed E-state index contributed by atoms with van der Waals surface area (Å²) in [7, 11) is 1.23. The van der Waals surface area contributed by atoms with Gasteiger partial charge < -0.3 is 51.5 Å². The van der Waals surface area contributed by atoms with Gasteiger partial charge in [0.25, 0.3) is 0 Å². The third kappa shape index (κ3) is 16.2. The number of carbonyl (C=O) groups excluding carboxylic acids is 7. The van der Waals surface area contributed by atoms with Gasteiger partial charge in [-0.2, -0.15) is 11.8 Å². The lowest BCUT2D eigenvalue weighted by Gasteiger charge is -2.26. The molecule has 6 amide bonds. The van der Waals surface area contributed by atoms with E-state index in [4.69, 9.17) is 9.47 Å². The van der Waals surface area contributed by atoms with E-state index in [1.54, 1.807) is 57.3 Å². The van der Waals surface area contributed by atoms with Crippen LogP contribution in [0.4, 0.5) is 4.79 Å². The Balaban J connectivity index is 1.83. The summed E-state index contributed by atoms with van der Waals surface area (Å²) >= 11 is 1.50. The number of amides is 6. The minimum atomic E-state index is -1.48. The van der Waals surface area contributed by atoms with E-state index in [-0.39, 0.29) is 25.2 Å². The van der Waals surface area contributed by atoms with Crippen LogP contribution in [0.15, 0.2) is 60.8 Å². The monoisotopic (exact) mass is 853 g/mol. The van der Waals surface area contributed by atoms with Gasteiger partial charge in [0.1, 0.15) is 35.8 Å². The smallest absolute Gasteiger partial charge is 0.408 e. The van der Waals surface area contributed by atoms with Gasteiger partial charge in [-0.1, -0.05) is 62.4 Å². The van der Waals surface area contributed by atoms with E-state index in [1.807, 2.05) is 44.4 Å². The Hall–Kier alpha value is -5.62. The average molecular weight is 854 g/mol. The normalized spacial score (nSPS) is 13.8. The van der Waals surface area contributed by atoms with E-state index in [0.29, 0.717) is 23.3 Å². The van der Waals surface area contributed by atoms with Crippen molar-refractivity contribution in [2.45, 2.75) is 96.1 Å². The highest BCUT2D eigenvalue weighted by Crippen LogP contribution is 2.20. The molecule has 0 bridgehead atoms. The summed E-state index contributed by atoms with van der Waals surface area (Å²) in [6, 6.07) is 10.2. The standard InChI is InChI=1S/C42H59N7O10S/c1-25(2)19-31(37(53)46-30(17-18-60-7)40(56)58-6)45-35(51)23-44-36(52)32(20-26-13-9-8-10-14-26)47-38(54)33(21-27-22-43-29-16-12-11-15-28(27)29)48-39(55)34(24-50)49-41(57)59-42(3,4)5/h8-16,22,25,30-34,43,50H,17-21,23-24H2,1-7H3,(H,44,52)(H,45,51)(H,46,53)(H,47,54)(H,48,55)(H,49,57). The zero-order chi connectivity index (χ0) is 44.4. The number of thioether (sulfide) groups is 1. The Bertz CT molecular complexity index is 1920. The molecule has 0 aliphatic heterocycles. The van der Waals surface area contributed by atoms with Crippen LogP contribution < -0.4 is 31.9 Å². The Labute approximate surface area is 354 Å². The SMILES string of the molecule is COC(=O)C(CCSC)NC(=O)C(CC(C)C)NC(=O)CNC(=O)C(Cc1ccccc1)NC(=O)C(Cc1c[nH]c2ccccc12)NC(=O)C(CO)NC(=O)OC(C)(C)C. The number of carbonyl (C=O) groups is 7. The van der Waals surface area contributed by atoms with Crippen molar-refractivity contribution >= 4 is 64.3 Å². The van der Waals surface area contributed by atoms with Gasteiger partial charge >= 0.3 is 12.1 Å². The second-order valence-corrected chi connectivity index (χ2v) is 16.6. The fraction of sp³-hybridized carbons (Fsp3) is 0.500. The molecule has 60 heavy (non-hydrogen) atoms. The number of para-hydroxylation sites is 1. The molecular weight excluding hydrogens is 795 g/mol. The number of alkyl carbamates (subject to hydrolysis) is 1. The number of aliphatic hydroxyl groups is 1. The van der Waals surface area contributed by atoms with Gasteiger partial charge in [0.05, 0.1) is 20.3 Å². The Morgan fingerprint density at radius 3 is 1.97 bits per heavy atom. The van der Waals surface area contributed by atoms with Gasteiger partial charge in [-0.15, -0.1) is 0 Å². The molecule has 2 aromatic carbocycles. The lowest BCUT2D eigenvalue weighted by atomic mass is 10.0. The van der Waals surface area contributed by atoms with Crippen molar-refractivity contribution in [1.82, 2.24) is 36.9 Å². The Kier molecular flexibility index (Phi) is 19.4. The molecule has 328 valence electrons. The van der Waals surface area contributed by atoms with Crippen LogP contribution in [0.5, 0.6) is 0 Å². The quantitative estimate of drug-likeness (QED) is 0.0679. The number of hydrogen-bond donors (Lipinski definition) is 8. The highest BCUT2D eigenvalue weighted by molar-refractivity contribution is 7.98. The first-order valence-corrected chi connectivity index (χ1v) is 21.1. The number of fused-ring (bicyclic) bond motifs is 1. The van der Waals surface area contributed by atoms with Crippen molar-refractivity contribution in [2.24, 2.45) is 5.92 Å². The third-order valence-corrected chi connectivity index (χ3v) is 9.68. The molecule has 3 rings (SSSR count). The molecule has 1 heterocycles. The average Bonchev–Trinajstić information content (AvgIpc) is 3.61. The van der Waals surface area contributed by atoms with E-state index in [0.717, 1.165) is 10.9 Å². The second-order valence-electron chi connectivity index (χ2n) is 15.6. The highest BCUT2D eigenvalue weighted by atomic mass is 32.2.